The predicted octanol–water partition coefficient (Wildman–Crippen LogP) is 4.17. The standard InChI is InChI=1S/C23H31N3O/c1-3-23(15(2)22(27)24-16-9-10-16)12-6-13-26-14-11-18-17-7-4-5-8-19(17)25-20(18)21(23)26/h4-5,7-8,15-16,21,25H,3,6,9-14H2,1-2H3,(H,24,27)/t15?,21-,23+/m1/s1. The first-order chi connectivity index (χ1) is 13.1. The molecule has 1 aromatic heterocycles. The van der Waals surface area contributed by atoms with Crippen LogP contribution in [-0.4, -0.2) is 34.9 Å². The van der Waals surface area contributed by atoms with E-state index in [-0.39, 0.29) is 17.2 Å². The maximum atomic E-state index is 13.1. The average Bonchev–Trinajstić information content (AvgIpc) is 3.43. The van der Waals surface area contributed by atoms with Gasteiger partial charge in [-0.3, -0.25) is 9.69 Å². The fraction of sp³-hybridized carbons (Fsp3) is 0.609. The summed E-state index contributed by atoms with van der Waals surface area (Å²) in [6, 6.07) is 9.46. The molecule has 1 amide bonds. The highest BCUT2D eigenvalue weighted by Crippen LogP contribution is 2.55. The zero-order chi connectivity index (χ0) is 18.6. The topological polar surface area (TPSA) is 48.1 Å². The molecule has 2 fully saturated rings. The van der Waals surface area contributed by atoms with E-state index in [1.807, 2.05) is 0 Å². The Morgan fingerprint density at radius 1 is 1.33 bits per heavy atom. The highest BCUT2D eigenvalue weighted by molar-refractivity contribution is 5.85. The second-order valence-corrected chi connectivity index (χ2v) is 8.95. The van der Waals surface area contributed by atoms with Gasteiger partial charge in [0.25, 0.3) is 0 Å². The molecule has 27 heavy (non-hydrogen) atoms. The van der Waals surface area contributed by atoms with Crippen molar-refractivity contribution < 1.29 is 4.79 Å². The van der Waals surface area contributed by atoms with Gasteiger partial charge in [-0.15, -0.1) is 0 Å². The van der Waals surface area contributed by atoms with E-state index in [1.54, 1.807) is 0 Å². The molecule has 5 rings (SSSR count). The van der Waals surface area contributed by atoms with Gasteiger partial charge in [-0.1, -0.05) is 32.0 Å². The normalized spacial score (nSPS) is 29.2. The molecular weight excluding hydrogens is 334 g/mol. The fourth-order valence-electron chi connectivity index (χ4n) is 5.88. The van der Waals surface area contributed by atoms with E-state index in [9.17, 15) is 4.79 Å². The lowest BCUT2D eigenvalue weighted by Gasteiger charge is -2.54. The molecule has 1 saturated carbocycles. The number of aromatic amines is 1. The van der Waals surface area contributed by atoms with Crippen LogP contribution in [-0.2, 0) is 11.2 Å². The SMILES string of the molecule is CC[C@@]1(C(C)C(=O)NC2CC2)CCCN2CCc3c([nH]c4ccccc34)[C@@H]21. The Morgan fingerprint density at radius 2 is 2.15 bits per heavy atom. The van der Waals surface area contributed by atoms with E-state index >= 15 is 0 Å². The van der Waals surface area contributed by atoms with Crippen LogP contribution in [0.4, 0.5) is 0 Å². The van der Waals surface area contributed by atoms with Crippen molar-refractivity contribution >= 4 is 16.8 Å². The third-order valence-corrected chi connectivity index (χ3v) is 7.60. The van der Waals surface area contributed by atoms with Crippen molar-refractivity contribution in [1.82, 2.24) is 15.2 Å². The zero-order valence-electron chi connectivity index (χ0n) is 16.6. The summed E-state index contributed by atoms with van der Waals surface area (Å²) >= 11 is 0. The van der Waals surface area contributed by atoms with Crippen LogP contribution in [0, 0.1) is 11.3 Å². The van der Waals surface area contributed by atoms with Gasteiger partial charge in [0.2, 0.25) is 5.91 Å². The number of nitrogens with zero attached hydrogens (tertiary/aromatic N) is 1. The van der Waals surface area contributed by atoms with E-state index in [2.05, 4.69) is 53.3 Å². The molecule has 1 unspecified atom stereocenters. The number of carbonyl (C=O) groups excluding carboxylic acids is 1. The summed E-state index contributed by atoms with van der Waals surface area (Å²) in [5.74, 6) is 0.303. The first-order valence-corrected chi connectivity index (χ1v) is 10.8. The number of hydrogen-bond acceptors (Lipinski definition) is 2. The van der Waals surface area contributed by atoms with Crippen molar-refractivity contribution in [2.75, 3.05) is 13.1 Å². The number of benzene rings is 1. The smallest absolute Gasteiger partial charge is 0.223 e. The Morgan fingerprint density at radius 3 is 2.93 bits per heavy atom. The molecule has 4 nitrogen and oxygen atoms in total. The Kier molecular flexibility index (Phi) is 4.08. The number of carbonyl (C=O) groups is 1. The highest BCUT2D eigenvalue weighted by Gasteiger charge is 2.52. The van der Waals surface area contributed by atoms with Gasteiger partial charge in [0.15, 0.2) is 0 Å². The molecule has 1 saturated heterocycles. The van der Waals surface area contributed by atoms with Gasteiger partial charge in [0.05, 0.1) is 6.04 Å². The van der Waals surface area contributed by atoms with Crippen molar-refractivity contribution in [1.29, 1.82) is 0 Å². The first kappa shape index (κ1) is 17.3. The number of hydrogen-bond donors (Lipinski definition) is 2. The van der Waals surface area contributed by atoms with Gasteiger partial charge in [-0.25, -0.2) is 0 Å². The number of fused-ring (bicyclic) bond motifs is 5. The molecule has 2 aromatic rings. The van der Waals surface area contributed by atoms with Crippen LogP contribution < -0.4 is 5.32 Å². The van der Waals surface area contributed by atoms with Crippen LogP contribution in [0.3, 0.4) is 0 Å². The molecule has 0 bridgehead atoms. The van der Waals surface area contributed by atoms with E-state index in [4.69, 9.17) is 0 Å². The van der Waals surface area contributed by atoms with Gasteiger partial charge in [-0.2, -0.15) is 0 Å². The van der Waals surface area contributed by atoms with Crippen LogP contribution in [0.25, 0.3) is 10.9 Å². The van der Waals surface area contributed by atoms with Gasteiger partial charge in [0.1, 0.15) is 0 Å². The third kappa shape index (κ3) is 2.64. The summed E-state index contributed by atoms with van der Waals surface area (Å²) in [7, 11) is 0. The zero-order valence-corrected chi connectivity index (χ0v) is 16.6. The van der Waals surface area contributed by atoms with E-state index in [1.165, 1.54) is 28.6 Å². The number of rotatable bonds is 4. The molecular formula is C23H31N3O. The van der Waals surface area contributed by atoms with Crippen LogP contribution in [0.2, 0.25) is 0 Å². The van der Waals surface area contributed by atoms with E-state index < -0.39 is 0 Å². The summed E-state index contributed by atoms with van der Waals surface area (Å²) in [6.45, 7) is 6.74. The lowest BCUT2D eigenvalue weighted by atomic mass is 9.61. The second kappa shape index (κ2) is 6.37. The van der Waals surface area contributed by atoms with Crippen LogP contribution in [0.5, 0.6) is 0 Å². The summed E-state index contributed by atoms with van der Waals surface area (Å²) < 4.78 is 0. The van der Waals surface area contributed by atoms with Crippen molar-refractivity contribution in [2.45, 2.75) is 64.5 Å². The largest absolute Gasteiger partial charge is 0.357 e. The van der Waals surface area contributed by atoms with Gasteiger partial charge < -0.3 is 10.3 Å². The molecule has 3 heterocycles. The molecule has 144 valence electrons. The van der Waals surface area contributed by atoms with Gasteiger partial charge in [-0.05, 0) is 56.7 Å². The van der Waals surface area contributed by atoms with Crippen molar-refractivity contribution in [2.24, 2.45) is 11.3 Å². The van der Waals surface area contributed by atoms with Crippen LogP contribution in [0.15, 0.2) is 24.3 Å². The maximum absolute atomic E-state index is 13.1. The number of piperidine rings is 1. The molecule has 2 aliphatic heterocycles. The number of aromatic nitrogens is 1. The van der Waals surface area contributed by atoms with Crippen molar-refractivity contribution in [3.8, 4) is 0 Å². The van der Waals surface area contributed by atoms with Crippen LogP contribution >= 0.6 is 0 Å². The minimum absolute atomic E-state index is 0.00721. The highest BCUT2D eigenvalue weighted by atomic mass is 16.2. The number of H-pyrrole nitrogens is 1. The number of nitrogens with one attached hydrogen (secondary N) is 2. The van der Waals surface area contributed by atoms with Crippen LogP contribution in [0.1, 0.15) is 63.3 Å². The van der Waals surface area contributed by atoms with Gasteiger partial charge >= 0.3 is 0 Å². The lowest BCUT2D eigenvalue weighted by molar-refractivity contribution is -0.134. The third-order valence-electron chi connectivity index (χ3n) is 7.60. The second-order valence-electron chi connectivity index (χ2n) is 8.95. The molecule has 0 radical (unpaired) electrons. The fourth-order valence-corrected chi connectivity index (χ4v) is 5.88. The average molecular weight is 366 g/mol. The molecule has 3 atom stereocenters. The predicted molar refractivity (Wildman–Crippen MR) is 109 cm³/mol. The lowest BCUT2D eigenvalue weighted by Crippen LogP contribution is -2.54. The maximum Gasteiger partial charge on any atom is 0.223 e. The number of amides is 1. The monoisotopic (exact) mass is 365 g/mol. The van der Waals surface area contributed by atoms with Crippen molar-refractivity contribution in [3.63, 3.8) is 0 Å². The Hall–Kier alpha value is -1.81. The number of para-hydroxylation sites is 1. The Labute approximate surface area is 161 Å². The molecule has 1 aliphatic carbocycles. The van der Waals surface area contributed by atoms with Gasteiger partial charge in [0, 0.05) is 40.5 Å². The molecule has 4 heteroatoms. The van der Waals surface area contributed by atoms with E-state index in [0.717, 1.165) is 45.2 Å². The minimum Gasteiger partial charge on any atom is -0.357 e. The minimum atomic E-state index is 0.00721. The summed E-state index contributed by atoms with van der Waals surface area (Å²) in [4.78, 5) is 19.5. The summed E-state index contributed by atoms with van der Waals surface area (Å²) in [6.07, 6.45) is 6.79. The molecule has 1 aromatic carbocycles. The Balaban J connectivity index is 1.59. The van der Waals surface area contributed by atoms with E-state index in [0.29, 0.717) is 12.1 Å². The summed E-state index contributed by atoms with van der Waals surface area (Å²) in [5.41, 5.74) is 4.12. The molecule has 2 N–H and O–H groups in total. The molecule has 0 spiro atoms. The van der Waals surface area contributed by atoms with Crippen molar-refractivity contribution in [3.05, 3.63) is 35.5 Å². The first-order valence-electron chi connectivity index (χ1n) is 10.8. The quantitative estimate of drug-likeness (QED) is 0.854. The summed E-state index contributed by atoms with van der Waals surface area (Å²) in [5, 5.41) is 4.66. The molecule has 3 aliphatic rings. The Bertz CT molecular complexity index is 868.